The molecule has 1 amide bonds. The maximum absolute atomic E-state index is 11.6. The first-order valence-corrected chi connectivity index (χ1v) is 7.35. The minimum absolute atomic E-state index is 0.0855. The molecule has 0 atom stereocenters. The standard InChI is InChI=1S/C12H11N3O8.C2H6/c1-6(16)13-3-2-7-11(13)8(14(19)20)4-9(15(21)22)12(7)23-5-10(17)18;1-2/h4H,2-3,5H2,1H3,(H,17,18);1-2H3. The lowest BCUT2D eigenvalue weighted by Gasteiger charge is -2.15. The van der Waals surface area contributed by atoms with Gasteiger partial charge in [0, 0.05) is 19.0 Å². The second kappa shape index (κ2) is 8.04. The zero-order chi connectivity index (χ0) is 19.3. The molecule has 0 aromatic heterocycles. The highest BCUT2D eigenvalue weighted by Crippen LogP contribution is 2.47. The number of carbonyl (C=O) groups is 2. The number of hydrogen-bond acceptors (Lipinski definition) is 7. The van der Waals surface area contributed by atoms with Crippen LogP contribution in [0.3, 0.4) is 0 Å². The Morgan fingerprint density at radius 1 is 1.24 bits per heavy atom. The van der Waals surface area contributed by atoms with E-state index in [4.69, 9.17) is 9.84 Å². The molecule has 25 heavy (non-hydrogen) atoms. The van der Waals surface area contributed by atoms with Crippen molar-refractivity contribution in [2.75, 3.05) is 18.1 Å². The van der Waals surface area contributed by atoms with Gasteiger partial charge < -0.3 is 14.7 Å². The molecule has 0 radical (unpaired) electrons. The molecule has 11 nitrogen and oxygen atoms in total. The molecule has 0 saturated carbocycles. The average Bonchev–Trinajstić information content (AvgIpc) is 2.98. The highest BCUT2D eigenvalue weighted by atomic mass is 16.6. The zero-order valence-electron chi connectivity index (χ0n) is 13.8. The first kappa shape index (κ1) is 19.8. The highest BCUT2D eigenvalue weighted by molar-refractivity contribution is 5.98. The van der Waals surface area contributed by atoms with E-state index in [-0.39, 0.29) is 30.0 Å². The molecule has 0 unspecified atom stereocenters. The number of nitrogens with zero attached hydrogens (tertiary/aromatic N) is 3. The molecule has 1 N–H and O–H groups in total. The lowest BCUT2D eigenvalue weighted by molar-refractivity contribution is -0.394. The summed E-state index contributed by atoms with van der Waals surface area (Å²) in [4.78, 5) is 44.0. The van der Waals surface area contributed by atoms with Crippen molar-refractivity contribution in [2.45, 2.75) is 27.2 Å². The van der Waals surface area contributed by atoms with Gasteiger partial charge in [-0.2, -0.15) is 0 Å². The van der Waals surface area contributed by atoms with Crippen molar-refractivity contribution in [2.24, 2.45) is 0 Å². The molecule has 0 spiro atoms. The molecule has 1 heterocycles. The number of carboxylic acid groups (broad SMARTS) is 1. The van der Waals surface area contributed by atoms with Crippen molar-refractivity contribution in [1.29, 1.82) is 0 Å². The van der Waals surface area contributed by atoms with E-state index in [1.54, 1.807) is 0 Å². The van der Waals surface area contributed by atoms with Gasteiger partial charge in [0.2, 0.25) is 11.7 Å². The van der Waals surface area contributed by atoms with Gasteiger partial charge in [-0.25, -0.2) is 4.79 Å². The molecule has 11 heteroatoms. The van der Waals surface area contributed by atoms with Crippen molar-refractivity contribution in [3.8, 4) is 5.75 Å². The van der Waals surface area contributed by atoms with Crippen LogP contribution in [0.1, 0.15) is 26.3 Å². The summed E-state index contributed by atoms with van der Waals surface area (Å²) in [5, 5.41) is 31.0. The first-order chi connectivity index (χ1) is 11.7. The summed E-state index contributed by atoms with van der Waals surface area (Å²) in [5.41, 5.74) is -1.31. The van der Waals surface area contributed by atoms with Crippen LogP contribution >= 0.6 is 0 Å². The van der Waals surface area contributed by atoms with Crippen LogP contribution in [0.5, 0.6) is 5.75 Å². The number of nitro groups is 2. The second-order valence-corrected chi connectivity index (χ2v) is 4.69. The topological polar surface area (TPSA) is 153 Å². The maximum atomic E-state index is 11.6. The van der Waals surface area contributed by atoms with Crippen LogP contribution in [0.4, 0.5) is 17.1 Å². The largest absolute Gasteiger partial charge is 0.479 e. The fourth-order valence-electron chi connectivity index (χ4n) is 2.43. The van der Waals surface area contributed by atoms with Crippen molar-refractivity contribution in [3.05, 3.63) is 31.9 Å². The predicted octanol–water partition coefficient (Wildman–Crippen LogP) is 1.90. The number of carboxylic acids is 1. The van der Waals surface area contributed by atoms with Gasteiger partial charge >= 0.3 is 11.7 Å². The van der Waals surface area contributed by atoms with E-state index in [1.807, 2.05) is 13.8 Å². The molecule has 0 fully saturated rings. The summed E-state index contributed by atoms with van der Waals surface area (Å²) < 4.78 is 4.96. The smallest absolute Gasteiger partial charge is 0.341 e. The minimum Gasteiger partial charge on any atom is -0.479 e. The number of rotatable bonds is 5. The number of fused-ring (bicyclic) bond motifs is 1. The van der Waals surface area contributed by atoms with Crippen LogP contribution in [0.15, 0.2) is 6.07 Å². The summed E-state index contributed by atoms with van der Waals surface area (Å²) in [6.07, 6.45) is 0.0897. The summed E-state index contributed by atoms with van der Waals surface area (Å²) >= 11 is 0. The number of benzene rings is 1. The average molecular weight is 355 g/mol. The zero-order valence-corrected chi connectivity index (χ0v) is 13.8. The van der Waals surface area contributed by atoms with Crippen LogP contribution in [0.2, 0.25) is 0 Å². The Morgan fingerprint density at radius 3 is 2.24 bits per heavy atom. The molecule has 0 aliphatic carbocycles. The third kappa shape index (κ3) is 4.00. The summed E-state index contributed by atoms with van der Waals surface area (Å²) in [5.74, 6) is -2.18. The molecule has 1 aliphatic rings. The SMILES string of the molecule is CC.CC(=O)N1CCc2c(OCC(=O)O)c([N+](=O)[O-])cc([N+](=O)[O-])c21. The lowest BCUT2D eigenvalue weighted by atomic mass is 10.1. The Labute approximate surface area is 142 Å². The number of aliphatic carboxylic acids is 1. The number of anilines is 1. The third-order valence-corrected chi connectivity index (χ3v) is 3.28. The van der Waals surface area contributed by atoms with Crippen molar-refractivity contribution < 1.29 is 29.3 Å². The van der Waals surface area contributed by atoms with Gasteiger partial charge in [-0.1, -0.05) is 13.8 Å². The Hall–Kier alpha value is -3.24. The van der Waals surface area contributed by atoms with Crippen molar-refractivity contribution in [3.63, 3.8) is 0 Å². The molecular formula is C14H17N3O8. The molecule has 1 aromatic rings. The summed E-state index contributed by atoms with van der Waals surface area (Å²) in [7, 11) is 0. The Bertz CT molecular complexity index is 731. The number of ether oxygens (including phenoxy) is 1. The van der Waals surface area contributed by atoms with Crippen LogP contribution in [-0.2, 0) is 16.0 Å². The maximum Gasteiger partial charge on any atom is 0.341 e. The molecule has 136 valence electrons. The van der Waals surface area contributed by atoms with Gasteiger partial charge in [0.1, 0.15) is 11.8 Å². The van der Waals surface area contributed by atoms with E-state index < -0.39 is 39.7 Å². The van der Waals surface area contributed by atoms with Gasteiger partial charge in [0.05, 0.1) is 9.85 Å². The molecular weight excluding hydrogens is 338 g/mol. The van der Waals surface area contributed by atoms with E-state index >= 15 is 0 Å². The quantitative estimate of drug-likeness (QED) is 0.620. The number of carbonyl (C=O) groups excluding carboxylic acids is 1. The van der Waals surface area contributed by atoms with Crippen LogP contribution < -0.4 is 9.64 Å². The normalized spacial score (nSPS) is 11.9. The third-order valence-electron chi connectivity index (χ3n) is 3.28. The number of hydrogen-bond donors (Lipinski definition) is 1. The Kier molecular flexibility index (Phi) is 6.37. The second-order valence-electron chi connectivity index (χ2n) is 4.69. The van der Waals surface area contributed by atoms with Crippen molar-refractivity contribution >= 4 is 28.9 Å². The fourth-order valence-corrected chi connectivity index (χ4v) is 2.43. The molecule has 0 saturated heterocycles. The number of nitro benzene ring substituents is 2. The Morgan fingerprint density at radius 2 is 1.80 bits per heavy atom. The number of amides is 1. The lowest BCUT2D eigenvalue weighted by Crippen LogP contribution is -2.26. The van der Waals surface area contributed by atoms with E-state index in [9.17, 15) is 29.8 Å². The van der Waals surface area contributed by atoms with Crippen LogP contribution in [0, 0.1) is 20.2 Å². The van der Waals surface area contributed by atoms with Crippen molar-refractivity contribution in [1.82, 2.24) is 0 Å². The van der Waals surface area contributed by atoms with E-state index in [0.717, 1.165) is 4.90 Å². The van der Waals surface area contributed by atoms with Crippen LogP contribution in [0.25, 0.3) is 0 Å². The monoisotopic (exact) mass is 355 g/mol. The Balaban J connectivity index is 0.00000151. The van der Waals surface area contributed by atoms with Crippen LogP contribution in [-0.4, -0.2) is 40.0 Å². The van der Waals surface area contributed by atoms with Gasteiger partial charge in [0.15, 0.2) is 6.61 Å². The van der Waals surface area contributed by atoms with Gasteiger partial charge in [-0.3, -0.25) is 25.0 Å². The summed E-state index contributed by atoms with van der Waals surface area (Å²) in [6, 6.07) is 0.678. The fraction of sp³-hybridized carbons (Fsp3) is 0.429. The molecule has 2 rings (SSSR count). The highest BCUT2D eigenvalue weighted by Gasteiger charge is 2.38. The van der Waals surface area contributed by atoms with E-state index in [2.05, 4.69) is 0 Å². The van der Waals surface area contributed by atoms with E-state index in [1.165, 1.54) is 6.92 Å². The van der Waals surface area contributed by atoms with Gasteiger partial charge in [-0.15, -0.1) is 0 Å². The minimum atomic E-state index is -1.35. The van der Waals surface area contributed by atoms with Gasteiger partial charge in [-0.05, 0) is 6.42 Å². The molecule has 0 bridgehead atoms. The molecule has 1 aromatic carbocycles. The summed E-state index contributed by atoms with van der Waals surface area (Å²) in [6.45, 7) is 4.46. The van der Waals surface area contributed by atoms with E-state index in [0.29, 0.717) is 6.07 Å². The first-order valence-electron chi connectivity index (χ1n) is 7.35. The molecule has 1 aliphatic heterocycles. The predicted molar refractivity (Wildman–Crippen MR) is 86.0 cm³/mol. The van der Waals surface area contributed by atoms with Gasteiger partial charge in [0.25, 0.3) is 5.69 Å².